The van der Waals surface area contributed by atoms with Crippen molar-refractivity contribution < 1.29 is 14.6 Å². The normalized spacial score (nSPS) is 16.8. The van der Waals surface area contributed by atoms with Crippen LogP contribution in [-0.4, -0.2) is 25.9 Å². The van der Waals surface area contributed by atoms with E-state index in [1.165, 1.54) is 6.07 Å². The Morgan fingerprint density at radius 1 is 1.04 bits per heavy atom. The highest BCUT2D eigenvalue weighted by Gasteiger charge is 2.27. The summed E-state index contributed by atoms with van der Waals surface area (Å²) in [7, 11) is 3.22. The predicted octanol–water partition coefficient (Wildman–Crippen LogP) is 3.95. The molecule has 122 valence electrons. The van der Waals surface area contributed by atoms with E-state index in [0.29, 0.717) is 22.1 Å². The molecule has 0 aliphatic carbocycles. The molecule has 6 heteroatoms. The minimum atomic E-state index is -0.213. The van der Waals surface area contributed by atoms with Crippen LogP contribution in [0.5, 0.6) is 17.2 Å². The van der Waals surface area contributed by atoms with Gasteiger partial charge in [0.15, 0.2) is 11.5 Å². The highest BCUT2D eigenvalue weighted by molar-refractivity contribution is 6.35. The summed E-state index contributed by atoms with van der Waals surface area (Å²) in [6.07, 6.45) is 0.862. The summed E-state index contributed by atoms with van der Waals surface area (Å²) < 4.78 is 10.8. The molecule has 1 aliphatic rings. The van der Waals surface area contributed by atoms with E-state index >= 15 is 0 Å². The van der Waals surface area contributed by atoms with Gasteiger partial charge in [0, 0.05) is 17.1 Å². The van der Waals surface area contributed by atoms with E-state index in [0.717, 1.165) is 24.1 Å². The molecule has 2 aromatic rings. The largest absolute Gasteiger partial charge is 0.506 e. The van der Waals surface area contributed by atoms with Crippen molar-refractivity contribution in [3.63, 3.8) is 0 Å². The Bertz CT molecular complexity index is 749. The van der Waals surface area contributed by atoms with E-state index in [-0.39, 0.29) is 16.8 Å². The van der Waals surface area contributed by atoms with Gasteiger partial charge in [0.05, 0.1) is 25.3 Å². The molecule has 1 aliphatic heterocycles. The minimum absolute atomic E-state index is 0.0381. The van der Waals surface area contributed by atoms with Crippen LogP contribution < -0.4 is 14.8 Å². The Labute approximate surface area is 144 Å². The smallest absolute Gasteiger partial charge is 0.161 e. The van der Waals surface area contributed by atoms with E-state index in [1.54, 1.807) is 20.3 Å². The number of rotatable bonds is 3. The highest BCUT2D eigenvalue weighted by Crippen LogP contribution is 2.42. The molecule has 2 N–H and O–H groups in total. The molecule has 0 spiro atoms. The molecule has 0 bridgehead atoms. The number of ether oxygens (including phenoxy) is 2. The maximum atomic E-state index is 10.3. The molecule has 0 saturated heterocycles. The highest BCUT2D eigenvalue weighted by atomic mass is 35.5. The number of hydrogen-bond acceptors (Lipinski definition) is 4. The van der Waals surface area contributed by atoms with E-state index in [2.05, 4.69) is 5.32 Å². The first-order valence-electron chi connectivity index (χ1n) is 7.21. The van der Waals surface area contributed by atoms with Crippen LogP contribution in [0, 0.1) is 0 Å². The summed E-state index contributed by atoms with van der Waals surface area (Å²) in [5.41, 5.74) is 2.81. The maximum Gasteiger partial charge on any atom is 0.161 e. The van der Waals surface area contributed by atoms with E-state index in [4.69, 9.17) is 32.7 Å². The molecule has 1 atom stereocenters. The molecule has 0 aromatic heterocycles. The summed E-state index contributed by atoms with van der Waals surface area (Å²) in [5.74, 6) is 1.38. The molecule has 0 saturated carbocycles. The van der Waals surface area contributed by atoms with Gasteiger partial charge in [-0.15, -0.1) is 0 Å². The standard InChI is InChI=1S/C17H17Cl2NO3/c1-22-14-5-9-3-4-20-16(11(9)8-15(14)23-2)12-6-10(18)7-13(19)17(12)21/h5-8,16,20-21H,3-4H2,1-2H3. The van der Waals surface area contributed by atoms with Crippen LogP contribution in [0.1, 0.15) is 22.7 Å². The molecule has 1 unspecified atom stereocenters. The van der Waals surface area contributed by atoms with Crippen molar-refractivity contribution in [3.05, 3.63) is 51.0 Å². The molecule has 2 aromatic carbocycles. The number of nitrogens with one attached hydrogen (secondary N) is 1. The van der Waals surface area contributed by atoms with Crippen molar-refractivity contribution in [3.8, 4) is 17.2 Å². The lowest BCUT2D eigenvalue weighted by atomic mass is 9.89. The molecule has 1 heterocycles. The maximum absolute atomic E-state index is 10.3. The number of halogens is 2. The SMILES string of the molecule is COc1cc2c(cc1OC)C(c1cc(Cl)cc(Cl)c1O)NCC2. The van der Waals surface area contributed by atoms with E-state index in [1.807, 2.05) is 12.1 Å². The zero-order valence-electron chi connectivity index (χ0n) is 12.8. The van der Waals surface area contributed by atoms with Crippen molar-refractivity contribution in [2.24, 2.45) is 0 Å². The number of phenols is 1. The molecule has 0 amide bonds. The van der Waals surface area contributed by atoms with Crippen LogP contribution in [0.2, 0.25) is 10.0 Å². The number of fused-ring (bicyclic) bond motifs is 1. The lowest BCUT2D eigenvalue weighted by Crippen LogP contribution is -2.30. The predicted molar refractivity (Wildman–Crippen MR) is 91.2 cm³/mol. The first-order valence-corrected chi connectivity index (χ1v) is 7.96. The lowest BCUT2D eigenvalue weighted by molar-refractivity contribution is 0.352. The monoisotopic (exact) mass is 353 g/mol. The quantitative estimate of drug-likeness (QED) is 0.876. The Kier molecular flexibility index (Phi) is 4.57. The van der Waals surface area contributed by atoms with Crippen LogP contribution in [0.25, 0.3) is 0 Å². The summed E-state index contributed by atoms with van der Waals surface area (Å²) >= 11 is 12.2. The second-order valence-corrected chi connectivity index (χ2v) is 6.21. The molecule has 0 radical (unpaired) electrons. The first kappa shape index (κ1) is 16.2. The van der Waals surface area contributed by atoms with Gasteiger partial charge in [0.1, 0.15) is 5.75 Å². The van der Waals surface area contributed by atoms with Crippen molar-refractivity contribution in [2.45, 2.75) is 12.5 Å². The summed E-state index contributed by atoms with van der Waals surface area (Å²) in [4.78, 5) is 0. The Balaban J connectivity index is 2.15. The third-order valence-corrected chi connectivity index (χ3v) is 4.57. The Morgan fingerprint density at radius 3 is 2.43 bits per heavy atom. The molecular weight excluding hydrogens is 337 g/mol. The zero-order valence-corrected chi connectivity index (χ0v) is 14.3. The molecule has 3 rings (SSSR count). The van der Waals surface area contributed by atoms with Gasteiger partial charge in [-0.3, -0.25) is 0 Å². The average molecular weight is 354 g/mol. The molecular formula is C17H17Cl2NO3. The summed E-state index contributed by atoms with van der Waals surface area (Å²) in [6, 6.07) is 6.95. The molecule has 23 heavy (non-hydrogen) atoms. The fourth-order valence-corrected chi connectivity index (χ4v) is 3.48. The number of aromatic hydroxyl groups is 1. The van der Waals surface area contributed by atoms with Crippen LogP contribution in [0.15, 0.2) is 24.3 Å². The second kappa shape index (κ2) is 6.48. The van der Waals surface area contributed by atoms with Gasteiger partial charge >= 0.3 is 0 Å². The van der Waals surface area contributed by atoms with Crippen LogP contribution >= 0.6 is 23.2 Å². The van der Waals surface area contributed by atoms with Crippen LogP contribution in [-0.2, 0) is 6.42 Å². The Morgan fingerprint density at radius 2 is 1.74 bits per heavy atom. The van der Waals surface area contributed by atoms with E-state index < -0.39 is 0 Å². The zero-order chi connectivity index (χ0) is 16.6. The van der Waals surface area contributed by atoms with Crippen molar-refractivity contribution in [1.29, 1.82) is 0 Å². The van der Waals surface area contributed by atoms with Gasteiger partial charge in [-0.25, -0.2) is 0 Å². The number of hydrogen-bond donors (Lipinski definition) is 2. The Hall–Kier alpha value is -1.62. The second-order valence-electron chi connectivity index (χ2n) is 5.37. The number of methoxy groups -OCH3 is 2. The van der Waals surface area contributed by atoms with Gasteiger partial charge in [-0.05, 0) is 41.8 Å². The van der Waals surface area contributed by atoms with E-state index in [9.17, 15) is 5.11 Å². The van der Waals surface area contributed by atoms with Gasteiger partial charge in [-0.2, -0.15) is 0 Å². The van der Waals surface area contributed by atoms with Crippen LogP contribution in [0.3, 0.4) is 0 Å². The summed E-state index contributed by atoms with van der Waals surface area (Å²) in [5, 5.41) is 14.5. The van der Waals surface area contributed by atoms with Gasteiger partial charge in [0.25, 0.3) is 0 Å². The van der Waals surface area contributed by atoms with Gasteiger partial charge in [-0.1, -0.05) is 23.2 Å². The van der Waals surface area contributed by atoms with Crippen LogP contribution in [0.4, 0.5) is 0 Å². The third kappa shape index (κ3) is 2.94. The fraction of sp³-hybridized carbons (Fsp3) is 0.294. The first-order chi connectivity index (χ1) is 11.0. The average Bonchev–Trinajstić information content (AvgIpc) is 2.56. The van der Waals surface area contributed by atoms with Gasteiger partial charge < -0.3 is 19.9 Å². The minimum Gasteiger partial charge on any atom is -0.506 e. The van der Waals surface area contributed by atoms with Crippen molar-refractivity contribution >= 4 is 23.2 Å². The van der Waals surface area contributed by atoms with Crippen molar-refractivity contribution in [2.75, 3.05) is 20.8 Å². The van der Waals surface area contributed by atoms with Gasteiger partial charge in [0.2, 0.25) is 0 Å². The number of phenolic OH excluding ortho intramolecular Hbond substituents is 1. The third-order valence-electron chi connectivity index (χ3n) is 4.07. The number of benzene rings is 2. The van der Waals surface area contributed by atoms with Crippen molar-refractivity contribution in [1.82, 2.24) is 5.32 Å². The molecule has 4 nitrogen and oxygen atoms in total. The molecule has 0 fully saturated rings. The topological polar surface area (TPSA) is 50.7 Å². The summed E-state index contributed by atoms with van der Waals surface area (Å²) in [6.45, 7) is 0.775. The fourth-order valence-electron chi connectivity index (χ4n) is 2.97. The lowest BCUT2D eigenvalue weighted by Gasteiger charge is -2.29.